The number of aromatic hydroxyl groups is 1. The number of hydrogen-bond acceptors (Lipinski definition) is 8. The van der Waals surface area contributed by atoms with E-state index in [4.69, 9.17) is 14.2 Å². The molecule has 0 radical (unpaired) electrons. The van der Waals surface area contributed by atoms with E-state index in [9.17, 15) is 19.1 Å². The molecule has 0 bridgehead atoms. The number of morpholine rings is 1. The monoisotopic (exact) mass is 630 g/mol. The maximum atomic E-state index is 13.5. The van der Waals surface area contributed by atoms with E-state index in [0.29, 0.717) is 66.3 Å². The highest BCUT2D eigenvalue weighted by molar-refractivity contribution is 9.10. The number of carbonyl (C=O) groups excluding carboxylic acids is 2. The van der Waals surface area contributed by atoms with Crippen molar-refractivity contribution in [2.24, 2.45) is 0 Å². The van der Waals surface area contributed by atoms with Gasteiger partial charge in [0.25, 0.3) is 0 Å². The van der Waals surface area contributed by atoms with Crippen LogP contribution < -0.4 is 0 Å². The second-order valence-corrected chi connectivity index (χ2v) is 10.3. The number of carbonyl (C=O) groups is 2. The quantitative estimate of drug-likeness (QED) is 0.181. The molecule has 1 aliphatic rings. The first-order valence-electron chi connectivity index (χ1n) is 12.0. The Morgan fingerprint density at radius 2 is 1.87 bits per heavy atom. The third kappa shape index (κ3) is 6.63. The lowest BCUT2D eigenvalue weighted by atomic mass is 10.0. The molecule has 0 spiro atoms. The Kier molecular flexibility index (Phi) is 10.9. The van der Waals surface area contributed by atoms with Crippen LogP contribution in [0.1, 0.15) is 35.5 Å². The number of thioether (sulfide) groups is 1. The van der Waals surface area contributed by atoms with Crippen molar-refractivity contribution in [2.75, 3.05) is 32.9 Å². The standard InChI is InChI=1S/C26H28BrFN2O6S.ClH/c1-3-30-20-13-19(27)24(31)18(14-29-9-11-34-12-10-29)22(20)23(25(32)36-26(33)35-4-2)21(30)15-37-17-7-5-16(28)6-8-17;/h5-8,13,31H,3-4,9-12,14-15H2,1-2H3;1H. The van der Waals surface area contributed by atoms with Crippen LogP contribution >= 0.6 is 40.1 Å². The van der Waals surface area contributed by atoms with Gasteiger partial charge in [-0.1, -0.05) is 0 Å². The fourth-order valence-electron chi connectivity index (χ4n) is 4.42. The summed E-state index contributed by atoms with van der Waals surface area (Å²) in [6.45, 7) is 7.04. The average molecular weight is 632 g/mol. The van der Waals surface area contributed by atoms with Crippen LogP contribution in [0.4, 0.5) is 9.18 Å². The lowest BCUT2D eigenvalue weighted by Gasteiger charge is -2.27. The molecule has 8 nitrogen and oxygen atoms in total. The molecule has 12 heteroatoms. The number of esters is 1. The molecule has 0 atom stereocenters. The van der Waals surface area contributed by atoms with Crippen molar-refractivity contribution < 1.29 is 33.3 Å². The fourth-order valence-corrected chi connectivity index (χ4v) is 5.81. The summed E-state index contributed by atoms with van der Waals surface area (Å²) in [6.07, 6.45) is -1.09. The Morgan fingerprint density at radius 1 is 1.18 bits per heavy atom. The minimum atomic E-state index is -1.09. The summed E-state index contributed by atoms with van der Waals surface area (Å²) >= 11 is 4.90. The molecule has 0 unspecified atom stereocenters. The second-order valence-electron chi connectivity index (χ2n) is 8.35. The number of nitrogens with zero attached hydrogens (tertiary/aromatic N) is 2. The molecule has 2 aromatic carbocycles. The van der Waals surface area contributed by atoms with Crippen LogP contribution in [0.25, 0.3) is 10.9 Å². The van der Waals surface area contributed by atoms with E-state index >= 15 is 0 Å². The maximum Gasteiger partial charge on any atom is 0.516 e. The zero-order valence-corrected chi connectivity index (χ0v) is 24.2. The van der Waals surface area contributed by atoms with E-state index in [1.807, 2.05) is 11.5 Å². The van der Waals surface area contributed by atoms with Gasteiger partial charge in [0.1, 0.15) is 11.6 Å². The molecule has 2 heterocycles. The molecule has 1 fully saturated rings. The third-order valence-corrected chi connectivity index (χ3v) is 7.75. The third-order valence-electron chi connectivity index (χ3n) is 6.12. The molecule has 1 N–H and O–H groups in total. The van der Waals surface area contributed by atoms with Crippen molar-refractivity contribution in [3.05, 3.63) is 57.4 Å². The topological polar surface area (TPSA) is 90.2 Å². The molecule has 1 aromatic heterocycles. The molecule has 1 saturated heterocycles. The molecule has 1 aliphatic heterocycles. The van der Waals surface area contributed by atoms with Crippen LogP contribution in [0, 0.1) is 5.82 Å². The maximum absolute atomic E-state index is 13.5. The van der Waals surface area contributed by atoms with Gasteiger partial charge in [-0.25, -0.2) is 14.0 Å². The molecule has 0 saturated carbocycles. The minimum Gasteiger partial charge on any atom is -0.506 e. The number of phenols is 1. The zero-order chi connectivity index (χ0) is 26.5. The first-order valence-corrected chi connectivity index (χ1v) is 13.7. The van der Waals surface area contributed by atoms with E-state index in [2.05, 4.69) is 20.8 Å². The van der Waals surface area contributed by atoms with Gasteiger partial charge < -0.3 is 23.9 Å². The summed E-state index contributed by atoms with van der Waals surface area (Å²) in [5, 5.41) is 11.6. The van der Waals surface area contributed by atoms with Crippen LogP contribution in [-0.4, -0.2) is 59.6 Å². The molecule has 0 aliphatic carbocycles. The van der Waals surface area contributed by atoms with Crippen molar-refractivity contribution in [1.82, 2.24) is 9.47 Å². The van der Waals surface area contributed by atoms with Crippen LogP contribution in [0.15, 0.2) is 39.7 Å². The number of phenolic OH excluding ortho intramolecular Hbond substituents is 1. The Hall–Kier alpha value is -2.31. The smallest absolute Gasteiger partial charge is 0.506 e. The summed E-state index contributed by atoms with van der Waals surface area (Å²) in [5.74, 6) is -0.819. The van der Waals surface area contributed by atoms with E-state index < -0.39 is 12.1 Å². The molecule has 3 aromatic rings. The highest BCUT2D eigenvalue weighted by Gasteiger charge is 2.30. The van der Waals surface area contributed by atoms with Crippen molar-refractivity contribution in [2.45, 2.75) is 37.6 Å². The number of halogens is 3. The first-order chi connectivity index (χ1) is 17.8. The summed E-state index contributed by atoms with van der Waals surface area (Å²) in [5.41, 5.74) is 2.11. The average Bonchev–Trinajstić information content (AvgIpc) is 3.20. The normalized spacial score (nSPS) is 13.8. The molecule has 206 valence electrons. The molecule has 0 amide bonds. The minimum absolute atomic E-state index is 0. The van der Waals surface area contributed by atoms with Gasteiger partial charge in [-0.3, -0.25) is 4.90 Å². The van der Waals surface area contributed by atoms with E-state index in [1.54, 1.807) is 25.1 Å². The lowest BCUT2D eigenvalue weighted by Crippen LogP contribution is -2.35. The van der Waals surface area contributed by atoms with Crippen molar-refractivity contribution in [3.63, 3.8) is 0 Å². The molecular formula is C26H29BrClFN2O6S. The Morgan fingerprint density at radius 3 is 2.50 bits per heavy atom. The summed E-state index contributed by atoms with van der Waals surface area (Å²) in [6, 6.07) is 7.86. The number of fused-ring (bicyclic) bond motifs is 1. The van der Waals surface area contributed by atoms with Gasteiger partial charge >= 0.3 is 12.1 Å². The van der Waals surface area contributed by atoms with Crippen LogP contribution in [-0.2, 0) is 33.1 Å². The molecule has 38 heavy (non-hydrogen) atoms. The largest absolute Gasteiger partial charge is 0.516 e. The van der Waals surface area contributed by atoms with E-state index in [1.165, 1.54) is 23.9 Å². The van der Waals surface area contributed by atoms with Gasteiger partial charge in [0.2, 0.25) is 0 Å². The van der Waals surface area contributed by atoms with Crippen molar-refractivity contribution >= 4 is 63.1 Å². The van der Waals surface area contributed by atoms with E-state index in [0.717, 1.165) is 10.4 Å². The Balaban J connectivity index is 0.00000400. The van der Waals surface area contributed by atoms with Gasteiger partial charge in [-0.15, -0.1) is 24.2 Å². The van der Waals surface area contributed by atoms with Gasteiger partial charge in [0, 0.05) is 53.5 Å². The highest BCUT2D eigenvalue weighted by atomic mass is 79.9. The number of ether oxygens (including phenoxy) is 3. The summed E-state index contributed by atoms with van der Waals surface area (Å²) < 4.78 is 31.3. The van der Waals surface area contributed by atoms with Gasteiger partial charge in [-0.2, -0.15) is 0 Å². The first kappa shape index (κ1) is 30.2. The number of benzene rings is 2. The van der Waals surface area contributed by atoms with Crippen molar-refractivity contribution in [1.29, 1.82) is 0 Å². The van der Waals surface area contributed by atoms with Crippen molar-refractivity contribution in [3.8, 4) is 5.75 Å². The summed E-state index contributed by atoms with van der Waals surface area (Å²) in [7, 11) is 0. The predicted octanol–water partition coefficient (Wildman–Crippen LogP) is 6.13. The summed E-state index contributed by atoms with van der Waals surface area (Å²) in [4.78, 5) is 28.5. The number of hydrogen-bond donors (Lipinski definition) is 1. The van der Waals surface area contributed by atoms with Gasteiger partial charge in [0.15, 0.2) is 0 Å². The number of aryl methyl sites for hydroxylation is 1. The van der Waals surface area contributed by atoms with Gasteiger partial charge in [0.05, 0.1) is 35.4 Å². The molecular weight excluding hydrogens is 603 g/mol. The molecule has 4 rings (SSSR count). The SMILES string of the molecule is CCOC(=O)OC(=O)c1c(CSc2ccc(F)cc2)n(CC)c2cc(Br)c(O)c(CN3CCOCC3)c12.Cl. The van der Waals surface area contributed by atoms with Crippen LogP contribution in [0.2, 0.25) is 0 Å². The Labute approximate surface area is 238 Å². The van der Waals surface area contributed by atoms with E-state index in [-0.39, 0.29) is 36.1 Å². The number of rotatable bonds is 8. The number of aromatic nitrogens is 1. The van der Waals surface area contributed by atoms with Gasteiger partial charge in [-0.05, 0) is 60.1 Å². The zero-order valence-electron chi connectivity index (χ0n) is 21.0. The predicted molar refractivity (Wildman–Crippen MR) is 149 cm³/mol. The highest BCUT2D eigenvalue weighted by Crippen LogP contribution is 2.41. The second kappa shape index (κ2) is 13.7. The van der Waals surface area contributed by atoms with Crippen LogP contribution in [0.5, 0.6) is 5.75 Å². The fraction of sp³-hybridized carbons (Fsp3) is 0.385. The van der Waals surface area contributed by atoms with Crippen LogP contribution in [0.3, 0.4) is 0 Å². The Bertz CT molecular complexity index is 1300. The lowest BCUT2D eigenvalue weighted by molar-refractivity contribution is 0.0339.